The minimum Gasteiger partial charge on any atom is -0.313 e. The third-order valence-corrected chi connectivity index (χ3v) is 14.4. The van der Waals surface area contributed by atoms with E-state index in [1.807, 2.05) is 0 Å². The van der Waals surface area contributed by atoms with E-state index in [0.29, 0.717) is 11.8 Å². The number of anilines is 3. The van der Waals surface area contributed by atoms with Gasteiger partial charge in [0.15, 0.2) is 0 Å². The van der Waals surface area contributed by atoms with Crippen molar-refractivity contribution in [2.24, 2.45) is 5.92 Å². The lowest BCUT2D eigenvalue weighted by molar-refractivity contribution is 0.394. The molecule has 1 heterocycles. The summed E-state index contributed by atoms with van der Waals surface area (Å²) < 4.78 is 2.59. The molecule has 2 heteroatoms. The molecule has 0 spiro atoms. The smallest absolute Gasteiger partial charge is 0.0538 e. The molecular weight excluding hydrogens is 785 g/mol. The number of rotatable bonds is 8. The summed E-state index contributed by atoms with van der Waals surface area (Å²) >= 11 is 0. The zero-order valence-electron chi connectivity index (χ0n) is 36.9. The number of allylic oxidation sites excluding steroid dienone is 5. The fraction of sp³-hybridized carbons (Fsp3) is 0.111. The predicted molar refractivity (Wildman–Crippen MR) is 275 cm³/mol. The highest BCUT2D eigenvalue weighted by molar-refractivity contribution is 6.02. The van der Waals surface area contributed by atoms with E-state index in [0.717, 1.165) is 29.9 Å². The Bertz CT molecular complexity index is 3210. The van der Waals surface area contributed by atoms with Gasteiger partial charge in [0.25, 0.3) is 0 Å². The normalized spacial score (nSPS) is 16.9. The molecule has 12 rings (SSSR count). The van der Waals surface area contributed by atoms with Crippen LogP contribution >= 0.6 is 0 Å². The molecule has 0 radical (unpaired) electrons. The standard InChI is InChI=1S/C63H50N2/c1-63(2)59-21-13-12-20-55(59)56-37-36-54(42-60(56)63)65-61-38-28-49(45-18-10-5-11-19-45)40-57(61)58-41-50(29-39-62(58)65)48-26-34-53(35-27-48)64(51-30-22-46(23-31-51)43-14-6-3-7-15-43)52-32-24-47(25-33-52)44-16-8-4-9-17-44/h3-27,29-37,39-42,56,60H,28,38H2,1-2H3. The van der Waals surface area contributed by atoms with Crippen molar-refractivity contribution in [1.29, 1.82) is 0 Å². The van der Waals surface area contributed by atoms with E-state index in [9.17, 15) is 0 Å². The summed E-state index contributed by atoms with van der Waals surface area (Å²) in [5.74, 6) is 0.799. The lowest BCUT2D eigenvalue weighted by atomic mass is 9.74. The Kier molecular flexibility index (Phi) is 9.49. The van der Waals surface area contributed by atoms with Crippen LogP contribution in [0.3, 0.4) is 0 Å². The van der Waals surface area contributed by atoms with Gasteiger partial charge in [0, 0.05) is 45.3 Å². The lowest BCUT2D eigenvalue weighted by Gasteiger charge is -2.31. The Hall–Kier alpha value is -7.68. The van der Waals surface area contributed by atoms with Crippen LogP contribution < -0.4 is 4.90 Å². The van der Waals surface area contributed by atoms with Gasteiger partial charge >= 0.3 is 0 Å². The first-order chi connectivity index (χ1) is 32.0. The SMILES string of the molecule is CC1(C)c2ccccc2C2C=CC(n3c4c(c5cc(-c6ccc(N(c7ccc(-c8ccccc8)cc7)c7ccc(-c8ccccc8)cc7)cc6)ccc53)C=C(c3ccccc3)CC4)=CC21. The molecule has 0 bridgehead atoms. The maximum Gasteiger partial charge on any atom is 0.0538 e. The Morgan fingerprint density at radius 3 is 1.57 bits per heavy atom. The molecule has 1 aromatic heterocycles. The van der Waals surface area contributed by atoms with Crippen molar-refractivity contribution in [3.05, 3.63) is 252 Å². The minimum atomic E-state index is 0.0484. The highest BCUT2D eigenvalue weighted by atomic mass is 15.1. The van der Waals surface area contributed by atoms with Crippen molar-refractivity contribution < 1.29 is 0 Å². The Morgan fingerprint density at radius 2 is 0.985 bits per heavy atom. The van der Waals surface area contributed by atoms with E-state index in [4.69, 9.17) is 0 Å². The van der Waals surface area contributed by atoms with E-state index in [2.05, 4.69) is 254 Å². The largest absolute Gasteiger partial charge is 0.313 e. The molecule has 312 valence electrons. The monoisotopic (exact) mass is 834 g/mol. The first-order valence-electron chi connectivity index (χ1n) is 23.1. The van der Waals surface area contributed by atoms with Crippen LogP contribution in [0.1, 0.15) is 54.1 Å². The van der Waals surface area contributed by atoms with E-state index in [-0.39, 0.29) is 5.41 Å². The van der Waals surface area contributed by atoms with E-state index in [1.54, 1.807) is 0 Å². The van der Waals surface area contributed by atoms with E-state index in [1.165, 1.54) is 83.5 Å². The Labute approximate surface area is 382 Å². The molecule has 0 fully saturated rings. The molecule has 65 heavy (non-hydrogen) atoms. The quantitative estimate of drug-likeness (QED) is 0.148. The summed E-state index contributed by atoms with van der Waals surface area (Å²) in [7, 11) is 0. The van der Waals surface area contributed by atoms with Gasteiger partial charge in [-0.05, 0) is 141 Å². The van der Waals surface area contributed by atoms with Crippen LogP contribution in [0.5, 0.6) is 0 Å². The molecule has 2 atom stereocenters. The van der Waals surface area contributed by atoms with Crippen molar-refractivity contribution in [3.8, 4) is 33.4 Å². The molecule has 8 aromatic carbocycles. The van der Waals surface area contributed by atoms with Gasteiger partial charge in [0.1, 0.15) is 0 Å². The second kappa shape index (κ2) is 15.8. The maximum atomic E-state index is 2.59. The molecule has 3 aliphatic carbocycles. The molecule has 0 amide bonds. The number of nitrogens with zero attached hydrogens (tertiary/aromatic N) is 2. The molecule has 9 aromatic rings. The average molecular weight is 835 g/mol. The Morgan fingerprint density at radius 1 is 0.492 bits per heavy atom. The maximum absolute atomic E-state index is 2.59. The summed E-state index contributed by atoms with van der Waals surface area (Å²) in [5.41, 5.74) is 21.6. The van der Waals surface area contributed by atoms with Gasteiger partial charge in [0.05, 0.1) is 5.52 Å². The zero-order chi connectivity index (χ0) is 43.5. The van der Waals surface area contributed by atoms with Crippen molar-refractivity contribution in [2.45, 2.75) is 38.0 Å². The van der Waals surface area contributed by atoms with Crippen molar-refractivity contribution in [3.63, 3.8) is 0 Å². The average Bonchev–Trinajstić information content (AvgIpc) is 3.82. The Balaban J connectivity index is 0.936. The molecule has 0 aliphatic heterocycles. The minimum absolute atomic E-state index is 0.0484. The van der Waals surface area contributed by atoms with Crippen LogP contribution in [-0.4, -0.2) is 4.57 Å². The topological polar surface area (TPSA) is 8.17 Å². The highest BCUT2D eigenvalue weighted by Crippen LogP contribution is 2.54. The fourth-order valence-electron chi connectivity index (χ4n) is 11.1. The van der Waals surface area contributed by atoms with Crippen molar-refractivity contribution in [2.75, 3.05) is 4.90 Å². The molecule has 0 N–H and O–H groups in total. The number of fused-ring (bicyclic) bond motifs is 6. The van der Waals surface area contributed by atoms with Crippen molar-refractivity contribution in [1.82, 2.24) is 4.57 Å². The van der Waals surface area contributed by atoms with Crippen LogP contribution in [0.2, 0.25) is 0 Å². The molecule has 3 aliphatic rings. The summed E-state index contributed by atoms with van der Waals surface area (Å²) in [6.07, 6.45) is 12.0. The molecular formula is C63H50N2. The first-order valence-corrected chi connectivity index (χ1v) is 23.1. The molecule has 0 saturated carbocycles. The number of benzene rings is 8. The fourth-order valence-corrected chi connectivity index (χ4v) is 11.1. The van der Waals surface area contributed by atoms with Gasteiger partial charge in [-0.1, -0.05) is 184 Å². The van der Waals surface area contributed by atoms with Gasteiger partial charge in [-0.25, -0.2) is 0 Å². The van der Waals surface area contributed by atoms with Crippen LogP contribution in [0, 0.1) is 5.92 Å². The molecule has 2 nitrogen and oxygen atoms in total. The van der Waals surface area contributed by atoms with Gasteiger partial charge in [-0.15, -0.1) is 0 Å². The summed E-state index contributed by atoms with van der Waals surface area (Å²) in [4.78, 5) is 2.36. The third-order valence-electron chi connectivity index (χ3n) is 14.4. The van der Waals surface area contributed by atoms with Gasteiger partial charge in [-0.2, -0.15) is 0 Å². The summed E-state index contributed by atoms with van der Waals surface area (Å²) in [5, 5.41) is 1.30. The first kappa shape index (κ1) is 39.0. The predicted octanol–water partition coefficient (Wildman–Crippen LogP) is 16.7. The zero-order valence-corrected chi connectivity index (χ0v) is 36.9. The summed E-state index contributed by atoms with van der Waals surface area (Å²) in [6.45, 7) is 4.86. The molecule has 2 unspecified atom stereocenters. The highest BCUT2D eigenvalue weighted by Gasteiger charge is 2.45. The van der Waals surface area contributed by atoms with Crippen LogP contribution in [0.25, 0.3) is 61.6 Å². The third kappa shape index (κ3) is 6.80. The summed E-state index contributed by atoms with van der Waals surface area (Å²) in [6, 6.07) is 75.4. The second-order valence-electron chi connectivity index (χ2n) is 18.5. The lowest BCUT2D eigenvalue weighted by Crippen LogP contribution is -2.26. The van der Waals surface area contributed by atoms with Gasteiger partial charge in [-0.3, -0.25) is 0 Å². The van der Waals surface area contributed by atoms with E-state index < -0.39 is 0 Å². The second-order valence-corrected chi connectivity index (χ2v) is 18.5. The van der Waals surface area contributed by atoms with Crippen LogP contribution in [0.15, 0.2) is 224 Å². The van der Waals surface area contributed by atoms with Gasteiger partial charge in [0.2, 0.25) is 0 Å². The van der Waals surface area contributed by atoms with Crippen molar-refractivity contribution >= 4 is 45.3 Å². The van der Waals surface area contributed by atoms with Crippen LogP contribution in [-0.2, 0) is 11.8 Å². The number of hydrogen-bond donors (Lipinski definition) is 0. The van der Waals surface area contributed by atoms with Gasteiger partial charge < -0.3 is 9.47 Å². The molecule has 0 saturated heterocycles. The van der Waals surface area contributed by atoms with E-state index >= 15 is 0 Å². The number of aromatic nitrogens is 1. The van der Waals surface area contributed by atoms with Crippen LogP contribution in [0.4, 0.5) is 17.1 Å². The number of hydrogen-bond acceptors (Lipinski definition) is 1.